The molecule has 0 fully saturated rings. The molecule has 0 unspecified atom stereocenters. The van der Waals surface area contributed by atoms with E-state index in [1.54, 1.807) is 22.9 Å². The molecule has 0 atom stereocenters. The Morgan fingerprint density at radius 2 is 1.80 bits per heavy atom. The zero-order valence-corrected chi connectivity index (χ0v) is 25.3. The van der Waals surface area contributed by atoms with Gasteiger partial charge >= 0.3 is 0 Å². The molecular weight excluding hydrogens is 526 g/mol. The molecule has 1 aromatic heterocycles. The average Bonchev–Trinajstić information content (AvgIpc) is 3.12. The molecule has 2 aromatic carbocycles. The van der Waals surface area contributed by atoms with Crippen LogP contribution in [0, 0.1) is 11.3 Å². The second-order valence-electron chi connectivity index (χ2n) is 11.5. The average molecular weight is 568 g/mol. The molecule has 1 amide bonds. The van der Waals surface area contributed by atoms with E-state index in [1.807, 2.05) is 62.8 Å². The molecule has 8 heteroatoms. The minimum atomic E-state index is -0.477. The number of Topliss-reactive ketones (excluding diaryl/α,β-unsaturated/α-hetero) is 1. The van der Waals surface area contributed by atoms with Crippen LogP contribution < -0.4 is 15.6 Å². The van der Waals surface area contributed by atoms with Crippen LogP contribution in [0.3, 0.4) is 0 Å². The van der Waals surface area contributed by atoms with Crippen LogP contribution in [0.1, 0.15) is 82.8 Å². The van der Waals surface area contributed by atoms with Crippen LogP contribution in [-0.4, -0.2) is 27.7 Å². The third kappa shape index (κ3) is 8.10. The summed E-state index contributed by atoms with van der Waals surface area (Å²) in [7, 11) is 1.86. The van der Waals surface area contributed by atoms with Crippen LogP contribution in [0.2, 0.25) is 5.02 Å². The van der Waals surface area contributed by atoms with Gasteiger partial charge in [0.15, 0.2) is 5.78 Å². The fourth-order valence-corrected chi connectivity index (χ4v) is 5.06. The summed E-state index contributed by atoms with van der Waals surface area (Å²) in [6.07, 6.45) is 3.51. The van der Waals surface area contributed by atoms with Crippen molar-refractivity contribution in [3.05, 3.63) is 75.2 Å². The summed E-state index contributed by atoms with van der Waals surface area (Å²) in [5.41, 5.74) is 1.60. The van der Waals surface area contributed by atoms with Crippen LogP contribution >= 0.6 is 11.6 Å². The molecule has 7 nitrogen and oxygen atoms in total. The van der Waals surface area contributed by atoms with E-state index in [2.05, 4.69) is 19.2 Å². The normalized spacial score (nSPS) is 11.6. The van der Waals surface area contributed by atoms with Crippen molar-refractivity contribution in [2.45, 2.75) is 73.1 Å². The first-order valence-corrected chi connectivity index (χ1v) is 14.4. The Bertz CT molecular complexity index is 1370. The molecular formula is C32H42ClN3O4. The van der Waals surface area contributed by atoms with Gasteiger partial charge in [-0.05, 0) is 67.9 Å². The fourth-order valence-electron chi connectivity index (χ4n) is 4.89. The zero-order chi connectivity index (χ0) is 29.4. The number of carbonyl (C=O) groups is 2. The molecule has 0 spiro atoms. The number of rotatable bonds is 14. The van der Waals surface area contributed by atoms with Crippen molar-refractivity contribution in [3.63, 3.8) is 0 Å². The highest BCUT2D eigenvalue weighted by atomic mass is 35.5. The van der Waals surface area contributed by atoms with Gasteiger partial charge in [0.25, 0.3) is 5.56 Å². The van der Waals surface area contributed by atoms with E-state index < -0.39 is 5.41 Å². The lowest BCUT2D eigenvalue weighted by molar-refractivity contribution is -0.118. The van der Waals surface area contributed by atoms with Gasteiger partial charge < -0.3 is 10.1 Å². The molecule has 0 aliphatic rings. The molecule has 0 saturated heterocycles. The first-order chi connectivity index (χ1) is 18.9. The number of hydrogen-bond donors (Lipinski definition) is 1. The Kier molecular flexibility index (Phi) is 10.8. The molecule has 0 aliphatic heterocycles. The number of benzene rings is 2. The molecule has 1 heterocycles. The van der Waals surface area contributed by atoms with Crippen molar-refractivity contribution in [3.8, 4) is 11.4 Å². The van der Waals surface area contributed by atoms with E-state index >= 15 is 0 Å². The number of halogens is 1. The van der Waals surface area contributed by atoms with Crippen molar-refractivity contribution in [1.29, 1.82) is 0 Å². The summed E-state index contributed by atoms with van der Waals surface area (Å²) < 4.78 is 9.05. The number of nitrogens with zero attached hydrogens (tertiary/aromatic N) is 2. The zero-order valence-electron chi connectivity index (χ0n) is 24.6. The Morgan fingerprint density at radius 1 is 1.10 bits per heavy atom. The van der Waals surface area contributed by atoms with Gasteiger partial charge in [0, 0.05) is 24.9 Å². The van der Waals surface area contributed by atoms with Crippen LogP contribution in [0.5, 0.6) is 5.75 Å². The number of para-hydroxylation sites is 1. The number of nitrogens with one attached hydrogen (secondary N) is 1. The third-order valence-corrected chi connectivity index (χ3v) is 7.29. The van der Waals surface area contributed by atoms with E-state index in [9.17, 15) is 14.4 Å². The first kappa shape index (κ1) is 31.2. The number of amides is 1. The van der Waals surface area contributed by atoms with E-state index in [0.717, 1.165) is 24.2 Å². The summed E-state index contributed by atoms with van der Waals surface area (Å²) in [4.78, 5) is 39.9. The highest BCUT2D eigenvalue weighted by molar-refractivity contribution is 6.31. The summed E-state index contributed by atoms with van der Waals surface area (Å²) in [6.45, 7) is 10.6. The quantitative estimate of drug-likeness (QED) is 0.208. The van der Waals surface area contributed by atoms with Crippen LogP contribution in [0.25, 0.3) is 5.69 Å². The smallest absolute Gasteiger partial charge is 0.295 e. The van der Waals surface area contributed by atoms with Crippen LogP contribution in [0.4, 0.5) is 5.69 Å². The summed E-state index contributed by atoms with van der Waals surface area (Å²) in [6, 6.07) is 14.5. The maximum absolute atomic E-state index is 13.6. The summed E-state index contributed by atoms with van der Waals surface area (Å²) >= 11 is 6.13. The van der Waals surface area contributed by atoms with Crippen molar-refractivity contribution >= 4 is 29.0 Å². The lowest BCUT2D eigenvalue weighted by Gasteiger charge is -2.23. The first-order valence-electron chi connectivity index (χ1n) is 14.0. The van der Waals surface area contributed by atoms with E-state index in [-0.39, 0.29) is 30.1 Å². The van der Waals surface area contributed by atoms with Crippen molar-refractivity contribution in [2.75, 3.05) is 11.9 Å². The molecule has 0 bridgehead atoms. The highest BCUT2D eigenvalue weighted by Crippen LogP contribution is 2.31. The Hall–Kier alpha value is -3.32. The maximum Gasteiger partial charge on any atom is 0.295 e. The standard InChI is InChI=1S/C32H42ClN3O4/c1-7-40-28-17-16-23(33)20-25(28)27(37)18-19-32(4,5)21-29(38)34-30-26(15-11-12-22(2)3)35(6)36(31(30)39)24-13-9-8-10-14-24/h8-10,13-14,16-17,20,22H,7,11-12,15,18-19,21H2,1-6H3,(H,34,38). The van der Waals surface area contributed by atoms with Crippen molar-refractivity contribution < 1.29 is 14.3 Å². The van der Waals surface area contributed by atoms with Gasteiger partial charge in [-0.3, -0.25) is 19.1 Å². The molecule has 0 aliphatic carbocycles. The van der Waals surface area contributed by atoms with Gasteiger partial charge in [0.1, 0.15) is 11.4 Å². The second-order valence-corrected chi connectivity index (χ2v) is 11.9. The second kappa shape index (κ2) is 13.8. The Balaban J connectivity index is 1.76. The maximum atomic E-state index is 13.6. The molecule has 3 aromatic rings. The number of anilines is 1. The fraction of sp³-hybridized carbons (Fsp3) is 0.469. The number of ether oxygens (including phenoxy) is 1. The number of hydrogen-bond acceptors (Lipinski definition) is 4. The van der Waals surface area contributed by atoms with Crippen LogP contribution in [0.15, 0.2) is 53.3 Å². The molecule has 0 saturated carbocycles. The third-order valence-electron chi connectivity index (χ3n) is 7.06. The monoisotopic (exact) mass is 567 g/mol. The van der Waals surface area contributed by atoms with Gasteiger partial charge in [-0.1, -0.05) is 63.9 Å². The van der Waals surface area contributed by atoms with Gasteiger partial charge in [-0.2, -0.15) is 0 Å². The summed E-state index contributed by atoms with van der Waals surface area (Å²) in [5, 5.41) is 3.41. The van der Waals surface area contributed by atoms with Crippen LogP contribution in [-0.2, 0) is 18.3 Å². The number of carbonyl (C=O) groups excluding carboxylic acids is 2. The lowest BCUT2D eigenvalue weighted by atomic mass is 9.82. The Morgan fingerprint density at radius 3 is 2.45 bits per heavy atom. The van der Waals surface area contributed by atoms with E-state index in [0.29, 0.717) is 47.4 Å². The van der Waals surface area contributed by atoms with Gasteiger partial charge in [-0.25, -0.2) is 4.68 Å². The molecule has 216 valence electrons. The Labute approximate surface area is 242 Å². The molecule has 1 N–H and O–H groups in total. The minimum Gasteiger partial charge on any atom is -0.493 e. The van der Waals surface area contributed by atoms with Crippen molar-refractivity contribution in [2.24, 2.45) is 18.4 Å². The largest absolute Gasteiger partial charge is 0.493 e. The van der Waals surface area contributed by atoms with Gasteiger partial charge in [0.2, 0.25) is 5.91 Å². The molecule has 3 rings (SSSR count). The van der Waals surface area contributed by atoms with Gasteiger partial charge in [-0.15, -0.1) is 0 Å². The predicted molar refractivity (Wildman–Crippen MR) is 162 cm³/mol. The highest BCUT2D eigenvalue weighted by Gasteiger charge is 2.27. The molecule has 40 heavy (non-hydrogen) atoms. The minimum absolute atomic E-state index is 0.0827. The number of aromatic nitrogens is 2. The predicted octanol–water partition coefficient (Wildman–Crippen LogP) is 7.22. The van der Waals surface area contributed by atoms with Crippen molar-refractivity contribution in [1.82, 2.24) is 9.36 Å². The van der Waals surface area contributed by atoms with Gasteiger partial charge in [0.05, 0.1) is 23.6 Å². The SMILES string of the molecule is CCOc1ccc(Cl)cc1C(=O)CCC(C)(C)CC(=O)Nc1c(CCCC(C)C)n(C)n(-c2ccccc2)c1=O. The molecule has 0 radical (unpaired) electrons. The topological polar surface area (TPSA) is 82.3 Å². The van der Waals surface area contributed by atoms with E-state index in [1.165, 1.54) is 0 Å². The lowest BCUT2D eigenvalue weighted by Crippen LogP contribution is -2.26. The van der Waals surface area contributed by atoms with E-state index in [4.69, 9.17) is 16.3 Å². The number of ketones is 1. The summed E-state index contributed by atoms with van der Waals surface area (Å²) in [5.74, 6) is 0.728.